The van der Waals surface area contributed by atoms with Gasteiger partial charge in [-0.15, -0.1) is 0 Å². The molecule has 2 N–H and O–H groups in total. The Morgan fingerprint density at radius 1 is 1.33 bits per heavy atom. The summed E-state index contributed by atoms with van der Waals surface area (Å²) in [6.07, 6.45) is 9.57. The van der Waals surface area contributed by atoms with Crippen LogP contribution in [-0.4, -0.2) is 15.3 Å². The summed E-state index contributed by atoms with van der Waals surface area (Å²) in [5.41, 5.74) is 8.70. The van der Waals surface area contributed by atoms with Gasteiger partial charge in [0.1, 0.15) is 0 Å². The Morgan fingerprint density at radius 3 is 2.76 bits per heavy atom. The summed E-state index contributed by atoms with van der Waals surface area (Å²) in [7, 11) is 0. The molecular weight excluding hydrogens is 282 g/mol. The lowest BCUT2D eigenvalue weighted by Crippen LogP contribution is -2.42. The molecule has 1 saturated carbocycles. The molecule has 21 heavy (non-hydrogen) atoms. The fraction of sp³-hybridized carbons (Fsp3) is 0.824. The molecule has 1 heterocycles. The summed E-state index contributed by atoms with van der Waals surface area (Å²) >= 11 is 6.45. The van der Waals surface area contributed by atoms with Crippen molar-refractivity contribution in [2.45, 2.75) is 84.2 Å². The van der Waals surface area contributed by atoms with Gasteiger partial charge in [0.2, 0.25) is 0 Å². The molecule has 2 rings (SSSR count). The molecule has 0 bridgehead atoms. The Labute approximate surface area is 134 Å². The van der Waals surface area contributed by atoms with Crippen LogP contribution in [0.15, 0.2) is 0 Å². The lowest BCUT2D eigenvalue weighted by molar-refractivity contribution is 0.346. The van der Waals surface area contributed by atoms with Crippen LogP contribution in [0.2, 0.25) is 5.02 Å². The number of halogens is 1. The second-order valence-corrected chi connectivity index (χ2v) is 7.16. The SMILES string of the molecule is CCCC1CCCC(N)(Cc2c(Cl)c(C)nn2CC)CC1. The normalized spacial score (nSPS) is 26.8. The van der Waals surface area contributed by atoms with Gasteiger partial charge in [-0.2, -0.15) is 5.10 Å². The summed E-state index contributed by atoms with van der Waals surface area (Å²) in [5, 5.41) is 5.34. The first-order valence-corrected chi connectivity index (χ1v) is 8.87. The number of hydrogen-bond acceptors (Lipinski definition) is 2. The van der Waals surface area contributed by atoms with Crippen molar-refractivity contribution in [1.29, 1.82) is 0 Å². The first-order chi connectivity index (χ1) is 9.99. The molecule has 1 fully saturated rings. The van der Waals surface area contributed by atoms with Crippen LogP contribution < -0.4 is 5.73 Å². The van der Waals surface area contributed by atoms with E-state index in [1.165, 1.54) is 32.1 Å². The average molecular weight is 312 g/mol. The average Bonchev–Trinajstić information content (AvgIpc) is 2.62. The fourth-order valence-electron chi connectivity index (χ4n) is 3.75. The van der Waals surface area contributed by atoms with Crippen LogP contribution in [0.25, 0.3) is 0 Å². The Morgan fingerprint density at radius 2 is 2.10 bits per heavy atom. The first kappa shape index (κ1) is 16.8. The number of nitrogens with zero attached hydrogens (tertiary/aromatic N) is 2. The molecule has 0 amide bonds. The Balaban J connectivity index is 2.11. The third-order valence-electron chi connectivity index (χ3n) is 5.01. The van der Waals surface area contributed by atoms with Crippen molar-refractivity contribution in [3.05, 3.63) is 16.4 Å². The number of nitrogens with two attached hydrogens (primary N) is 1. The molecule has 1 aliphatic carbocycles. The standard InChI is InChI=1S/C17H30ClN3/c1-4-7-14-8-6-10-17(19,11-9-14)12-15-16(18)13(3)20-21(15)5-2/h14H,4-12,19H2,1-3H3. The molecule has 1 aromatic rings. The lowest BCUT2D eigenvalue weighted by Gasteiger charge is -2.28. The highest BCUT2D eigenvalue weighted by molar-refractivity contribution is 6.31. The Kier molecular flexibility index (Phi) is 5.73. The first-order valence-electron chi connectivity index (χ1n) is 8.49. The minimum Gasteiger partial charge on any atom is -0.325 e. The Hall–Kier alpha value is -0.540. The van der Waals surface area contributed by atoms with Crippen LogP contribution >= 0.6 is 11.6 Å². The molecule has 2 atom stereocenters. The minimum atomic E-state index is -0.106. The van der Waals surface area contributed by atoms with E-state index in [0.717, 1.165) is 48.1 Å². The largest absolute Gasteiger partial charge is 0.325 e. The van der Waals surface area contributed by atoms with Crippen LogP contribution in [0.5, 0.6) is 0 Å². The maximum Gasteiger partial charge on any atom is 0.0847 e. The van der Waals surface area contributed by atoms with E-state index >= 15 is 0 Å². The van der Waals surface area contributed by atoms with Crippen molar-refractivity contribution >= 4 is 11.6 Å². The zero-order valence-electron chi connectivity index (χ0n) is 13.8. The lowest BCUT2D eigenvalue weighted by atomic mass is 9.85. The zero-order chi connectivity index (χ0) is 15.5. The van der Waals surface area contributed by atoms with E-state index in [-0.39, 0.29) is 5.54 Å². The maximum absolute atomic E-state index is 6.75. The number of aryl methyl sites for hydroxylation is 2. The maximum atomic E-state index is 6.75. The molecule has 0 aliphatic heterocycles. The van der Waals surface area contributed by atoms with Crippen LogP contribution in [0.4, 0.5) is 0 Å². The van der Waals surface area contributed by atoms with Gasteiger partial charge >= 0.3 is 0 Å². The van der Waals surface area contributed by atoms with Crippen molar-refractivity contribution < 1.29 is 0 Å². The highest BCUT2D eigenvalue weighted by Gasteiger charge is 2.31. The van der Waals surface area contributed by atoms with Gasteiger partial charge < -0.3 is 5.73 Å². The fourth-order valence-corrected chi connectivity index (χ4v) is 3.95. The molecular formula is C17H30ClN3. The predicted molar refractivity (Wildman–Crippen MR) is 89.8 cm³/mol. The molecule has 3 nitrogen and oxygen atoms in total. The van der Waals surface area contributed by atoms with E-state index in [9.17, 15) is 0 Å². The van der Waals surface area contributed by atoms with E-state index in [0.29, 0.717) is 0 Å². The third kappa shape index (κ3) is 4.01. The third-order valence-corrected chi connectivity index (χ3v) is 5.50. The van der Waals surface area contributed by atoms with Crippen molar-refractivity contribution in [1.82, 2.24) is 9.78 Å². The second-order valence-electron chi connectivity index (χ2n) is 6.79. The molecule has 0 radical (unpaired) electrons. The smallest absolute Gasteiger partial charge is 0.0847 e. The molecule has 4 heteroatoms. The zero-order valence-corrected chi connectivity index (χ0v) is 14.5. The van der Waals surface area contributed by atoms with Crippen LogP contribution in [0, 0.1) is 12.8 Å². The van der Waals surface area contributed by atoms with Crippen molar-refractivity contribution in [3.63, 3.8) is 0 Å². The van der Waals surface area contributed by atoms with Crippen molar-refractivity contribution in [2.75, 3.05) is 0 Å². The van der Waals surface area contributed by atoms with E-state index in [4.69, 9.17) is 17.3 Å². The number of rotatable bonds is 5. The number of hydrogen-bond donors (Lipinski definition) is 1. The topological polar surface area (TPSA) is 43.8 Å². The van der Waals surface area contributed by atoms with Gasteiger partial charge in [0.15, 0.2) is 0 Å². The highest BCUT2D eigenvalue weighted by Crippen LogP contribution is 2.35. The molecule has 0 aromatic carbocycles. The van der Waals surface area contributed by atoms with Gasteiger partial charge in [0, 0.05) is 18.5 Å². The number of aromatic nitrogens is 2. The van der Waals surface area contributed by atoms with Crippen LogP contribution in [0.3, 0.4) is 0 Å². The molecule has 120 valence electrons. The summed E-state index contributed by atoms with van der Waals surface area (Å²) in [4.78, 5) is 0. The van der Waals surface area contributed by atoms with E-state index < -0.39 is 0 Å². The van der Waals surface area contributed by atoms with Crippen LogP contribution in [0.1, 0.15) is 70.2 Å². The van der Waals surface area contributed by atoms with E-state index in [1.807, 2.05) is 11.6 Å². The van der Waals surface area contributed by atoms with Gasteiger partial charge in [0.05, 0.1) is 16.4 Å². The van der Waals surface area contributed by atoms with Crippen LogP contribution in [-0.2, 0) is 13.0 Å². The quantitative estimate of drug-likeness (QED) is 0.814. The van der Waals surface area contributed by atoms with Crippen molar-refractivity contribution in [2.24, 2.45) is 11.7 Å². The minimum absolute atomic E-state index is 0.106. The molecule has 1 aliphatic rings. The molecule has 0 spiro atoms. The van der Waals surface area contributed by atoms with Gasteiger partial charge in [-0.3, -0.25) is 4.68 Å². The highest BCUT2D eigenvalue weighted by atomic mass is 35.5. The summed E-state index contributed by atoms with van der Waals surface area (Å²) in [6, 6.07) is 0. The van der Waals surface area contributed by atoms with Crippen molar-refractivity contribution in [3.8, 4) is 0 Å². The van der Waals surface area contributed by atoms with Gasteiger partial charge in [-0.05, 0) is 39.0 Å². The van der Waals surface area contributed by atoms with E-state index in [1.54, 1.807) is 0 Å². The monoisotopic (exact) mass is 311 g/mol. The molecule has 1 aromatic heterocycles. The molecule has 2 unspecified atom stereocenters. The van der Waals surface area contributed by atoms with E-state index in [2.05, 4.69) is 18.9 Å². The summed E-state index contributed by atoms with van der Waals surface area (Å²) in [5.74, 6) is 0.869. The molecule has 0 saturated heterocycles. The summed E-state index contributed by atoms with van der Waals surface area (Å²) in [6.45, 7) is 7.23. The van der Waals surface area contributed by atoms with Gasteiger partial charge in [-0.25, -0.2) is 0 Å². The van der Waals surface area contributed by atoms with Gasteiger partial charge in [-0.1, -0.05) is 44.2 Å². The summed E-state index contributed by atoms with van der Waals surface area (Å²) < 4.78 is 2.03. The predicted octanol–water partition coefficient (Wildman–Crippen LogP) is 4.49. The Bertz CT molecular complexity index is 469. The van der Waals surface area contributed by atoms with Gasteiger partial charge in [0.25, 0.3) is 0 Å². The second kappa shape index (κ2) is 7.15.